The number of aliphatic hydroxyl groups excluding tert-OH is 3. The van der Waals surface area contributed by atoms with Crippen LogP contribution >= 0.6 is 6.49 Å². The third kappa shape index (κ3) is 3.62. The molecular weight excluding hydrogens is 351 g/mol. The van der Waals surface area contributed by atoms with Crippen molar-refractivity contribution in [3.8, 4) is 0 Å². The average Bonchev–Trinajstić information content (AvgIpc) is 2.74. The van der Waals surface area contributed by atoms with E-state index in [9.17, 15) is 29.6 Å². The summed E-state index contributed by atoms with van der Waals surface area (Å²) in [6, 6.07) is 0. The van der Waals surface area contributed by atoms with Gasteiger partial charge in [0.2, 0.25) is 6.49 Å². The first kappa shape index (κ1) is 18.4. The predicted molar refractivity (Wildman–Crippen MR) is 81.4 cm³/mol. The molecule has 0 aromatic carbocycles. The molecule has 12 heteroatoms. The highest BCUT2D eigenvalue weighted by molar-refractivity contribution is 8.08. The first-order valence-electron chi connectivity index (χ1n) is 6.56. The molecule has 5 N–H and O–H groups in total. The molecule has 0 aliphatic carbocycles. The molecule has 4 atom stereocenters. The molecule has 0 unspecified atom stereocenters. The first-order valence-corrected chi connectivity index (χ1v) is 9.45. The van der Waals surface area contributed by atoms with Crippen molar-refractivity contribution >= 4 is 18.3 Å². The van der Waals surface area contributed by atoms with E-state index in [1.807, 2.05) is 0 Å². The Bertz CT molecular complexity index is 755. The minimum Gasteiger partial charge on any atom is -0.394 e. The van der Waals surface area contributed by atoms with Crippen molar-refractivity contribution in [2.75, 3.05) is 6.61 Å². The number of rotatable bonds is 4. The van der Waals surface area contributed by atoms with Crippen LogP contribution in [-0.2, 0) is 22.8 Å². The topological polar surface area (TPSA) is 154 Å². The predicted octanol–water partition coefficient (Wildman–Crippen LogP) is -2.82. The Morgan fingerprint density at radius 2 is 1.91 bits per heavy atom. The summed E-state index contributed by atoms with van der Waals surface area (Å²) in [5, 5.41) is 28.8. The van der Waals surface area contributed by atoms with Crippen molar-refractivity contribution in [2.24, 2.45) is 0 Å². The van der Waals surface area contributed by atoms with Crippen molar-refractivity contribution in [1.29, 1.82) is 0 Å². The monoisotopic (exact) mass is 368 g/mol. The zero-order valence-electron chi connectivity index (χ0n) is 12.0. The third-order valence-corrected chi connectivity index (χ3v) is 4.48. The number of hydrogen-bond donors (Lipinski definition) is 5. The van der Waals surface area contributed by atoms with Crippen molar-refractivity contribution in [2.45, 2.75) is 37.7 Å². The second kappa shape index (κ2) is 6.54. The van der Waals surface area contributed by atoms with Crippen LogP contribution in [0.15, 0.2) is 15.8 Å². The molecule has 0 bridgehead atoms. The maximum absolute atomic E-state index is 12.4. The van der Waals surface area contributed by atoms with E-state index < -0.39 is 55.2 Å². The summed E-state index contributed by atoms with van der Waals surface area (Å²) in [5.74, 6) is 0. The van der Waals surface area contributed by atoms with Crippen LogP contribution in [0.4, 0.5) is 0 Å². The summed E-state index contributed by atoms with van der Waals surface area (Å²) in [4.78, 5) is 43.1. The van der Waals surface area contributed by atoms with Crippen LogP contribution in [0.1, 0.15) is 11.8 Å². The van der Waals surface area contributed by atoms with Gasteiger partial charge in [-0.05, 0) is 18.7 Å². The zero-order chi connectivity index (χ0) is 17.5. The molecule has 1 aliphatic heterocycles. The van der Waals surface area contributed by atoms with Crippen molar-refractivity contribution < 1.29 is 29.8 Å². The molecule has 23 heavy (non-hydrogen) atoms. The lowest BCUT2D eigenvalue weighted by atomic mass is 10.1. The van der Waals surface area contributed by atoms with Gasteiger partial charge in [-0.25, -0.2) is 4.79 Å². The highest BCUT2D eigenvalue weighted by Crippen LogP contribution is 2.36. The van der Waals surface area contributed by atoms with E-state index in [1.165, 1.54) is 6.92 Å². The molecular formula is C11H17N2O8PS. The second-order valence-corrected chi connectivity index (χ2v) is 8.64. The molecule has 10 nitrogen and oxygen atoms in total. The van der Waals surface area contributed by atoms with Gasteiger partial charge in [-0.15, -0.1) is 0 Å². The minimum atomic E-state index is -3.87. The summed E-state index contributed by atoms with van der Waals surface area (Å²) in [6.07, 6.45) is -4.99. The van der Waals surface area contributed by atoms with Crippen LogP contribution < -0.4 is 11.2 Å². The van der Waals surface area contributed by atoms with E-state index in [4.69, 9.17) is 9.84 Å². The molecule has 1 aliphatic rings. The number of aromatic nitrogens is 2. The Labute approximate surface area is 135 Å². The molecule has 2 rings (SSSR count). The molecule has 1 aromatic rings. The fraction of sp³-hybridized carbons (Fsp3) is 0.636. The molecule has 1 fully saturated rings. The van der Waals surface area contributed by atoms with E-state index in [-0.39, 0.29) is 5.56 Å². The van der Waals surface area contributed by atoms with Gasteiger partial charge < -0.3 is 29.8 Å². The van der Waals surface area contributed by atoms with E-state index in [0.29, 0.717) is 4.57 Å². The van der Waals surface area contributed by atoms with Crippen LogP contribution in [0.2, 0.25) is 0 Å². The molecule has 0 saturated carbocycles. The van der Waals surface area contributed by atoms with Gasteiger partial charge in [0, 0.05) is 11.8 Å². The second-order valence-electron chi connectivity index (χ2n) is 5.27. The van der Waals surface area contributed by atoms with Crippen molar-refractivity contribution in [3.63, 3.8) is 0 Å². The smallest absolute Gasteiger partial charge is 0.333 e. The summed E-state index contributed by atoms with van der Waals surface area (Å²) in [7, 11) is 0. The van der Waals surface area contributed by atoms with Crippen LogP contribution in [-0.4, -0.2) is 59.2 Å². The number of nitrogens with zero attached hydrogens (tertiary/aromatic N) is 2. The van der Waals surface area contributed by atoms with Crippen LogP contribution in [0, 0.1) is 6.92 Å². The molecule has 1 aromatic heterocycles. The summed E-state index contributed by atoms with van der Waals surface area (Å²) >= 11 is 4.45. The number of hydrogen-bond acceptors (Lipinski definition) is 7. The quantitative estimate of drug-likeness (QED) is 0.354. The lowest BCUT2D eigenvalue weighted by Crippen LogP contribution is -2.44. The van der Waals surface area contributed by atoms with Gasteiger partial charge in [-0.1, -0.05) is 0 Å². The van der Waals surface area contributed by atoms with Gasteiger partial charge in [0.25, 0.3) is 5.56 Å². The van der Waals surface area contributed by atoms with E-state index >= 15 is 0 Å². The van der Waals surface area contributed by atoms with Gasteiger partial charge in [0.1, 0.15) is 24.6 Å². The standard InChI is InChI=1S/C11H17N2O8PS/c1-5-2-12(10-8(16)7(15)6(3-14)21-10)11(18)13(9(5)17)4-22(19,20)23/h2,6-8,10,14-16H,3-4H2,1H3,(H2,19,20,23)/t6-,7-,8-,10-/m1/s1. The lowest BCUT2D eigenvalue weighted by molar-refractivity contribution is -0.0556. The van der Waals surface area contributed by atoms with Crippen molar-refractivity contribution in [3.05, 3.63) is 32.6 Å². The number of aryl methyl sites for hydroxylation is 1. The molecule has 1 saturated heterocycles. The molecule has 0 radical (unpaired) electrons. The van der Waals surface area contributed by atoms with Crippen LogP contribution in [0.5, 0.6) is 0 Å². The third-order valence-electron chi connectivity index (χ3n) is 3.48. The molecule has 130 valence electrons. The van der Waals surface area contributed by atoms with E-state index in [1.54, 1.807) is 0 Å². The summed E-state index contributed by atoms with van der Waals surface area (Å²) in [6.45, 7) is -3.06. The lowest BCUT2D eigenvalue weighted by Gasteiger charge is -2.20. The van der Waals surface area contributed by atoms with Gasteiger partial charge >= 0.3 is 5.69 Å². The molecule has 2 heterocycles. The summed E-state index contributed by atoms with van der Waals surface area (Å²) < 4.78 is 6.64. The fourth-order valence-corrected chi connectivity index (χ4v) is 3.32. The van der Waals surface area contributed by atoms with Crippen LogP contribution in [0.3, 0.4) is 0 Å². The van der Waals surface area contributed by atoms with E-state index in [0.717, 1.165) is 10.8 Å². The highest BCUT2D eigenvalue weighted by atomic mass is 32.5. The SMILES string of the molecule is Cc1cn([C@@H]2O[C@H](CO)[C@@H](O)[C@H]2O)c(=O)n(CP(O)(O)=S)c1=O. The van der Waals surface area contributed by atoms with Gasteiger partial charge in [0.15, 0.2) is 6.23 Å². The van der Waals surface area contributed by atoms with E-state index in [2.05, 4.69) is 11.8 Å². The van der Waals surface area contributed by atoms with Crippen molar-refractivity contribution in [1.82, 2.24) is 9.13 Å². The zero-order valence-corrected chi connectivity index (χ0v) is 13.7. The van der Waals surface area contributed by atoms with Crippen LogP contribution in [0.25, 0.3) is 0 Å². The highest BCUT2D eigenvalue weighted by Gasteiger charge is 2.44. The number of ether oxygens (including phenoxy) is 1. The van der Waals surface area contributed by atoms with Gasteiger partial charge in [-0.2, -0.15) is 0 Å². The Kier molecular flexibility index (Phi) is 5.24. The average molecular weight is 368 g/mol. The van der Waals surface area contributed by atoms with Gasteiger partial charge in [-0.3, -0.25) is 13.9 Å². The minimum absolute atomic E-state index is 0.0748. The Morgan fingerprint density at radius 3 is 2.39 bits per heavy atom. The first-order chi connectivity index (χ1) is 10.6. The van der Waals surface area contributed by atoms with Gasteiger partial charge in [0.05, 0.1) is 6.61 Å². The fourth-order valence-electron chi connectivity index (χ4n) is 2.36. The maximum Gasteiger partial charge on any atom is 0.333 e. The Morgan fingerprint density at radius 1 is 1.30 bits per heavy atom. The summed E-state index contributed by atoms with van der Waals surface area (Å²) in [5.41, 5.74) is -1.66. The number of aliphatic hydroxyl groups is 3. The normalized spacial score (nSPS) is 28.3. The Balaban J connectivity index is 2.55. The molecule has 0 spiro atoms. The Hall–Kier alpha value is -0.910. The largest absolute Gasteiger partial charge is 0.394 e. The maximum atomic E-state index is 12.4. The molecule has 0 amide bonds.